The van der Waals surface area contributed by atoms with Gasteiger partial charge in [0.25, 0.3) is 0 Å². The number of thiol groups is 1. The number of aromatic hydroxyl groups is 1. The van der Waals surface area contributed by atoms with Crippen molar-refractivity contribution in [1.82, 2.24) is 10.6 Å². The number of phenolic OH excluding ortho intramolecular Hbond substituents is 1. The molecule has 12 nitrogen and oxygen atoms in total. The summed E-state index contributed by atoms with van der Waals surface area (Å²) in [5.41, 5.74) is 5.92. The van der Waals surface area contributed by atoms with Gasteiger partial charge in [0.05, 0.1) is 0 Å². The van der Waals surface area contributed by atoms with Crippen molar-refractivity contribution in [3.8, 4) is 5.75 Å². The van der Waals surface area contributed by atoms with E-state index in [4.69, 9.17) is 21.1 Å². The zero-order valence-corrected chi connectivity index (χ0v) is 17.6. The molecule has 2 atom stereocenters. The summed E-state index contributed by atoms with van der Waals surface area (Å²) in [6.07, 6.45) is -0.235. The Kier molecular flexibility index (Phi) is 13.1. The largest absolute Gasteiger partial charge is 0.508 e. The van der Waals surface area contributed by atoms with E-state index in [1.54, 1.807) is 12.1 Å². The fraction of sp³-hybridized carbons (Fsp3) is 0.389. The molecule has 1 rings (SSSR count). The standard InChI is InChI=1S/C10H17N3O6S.C8H9NO2/c11-5(10(18)19)1-2-7(14)13-6(4-20)9(17)12-3-8(15)16;1-6(10)9-7-2-4-8(11)5-3-7/h5-6,20H,1-4,11H2,(H,12,17)(H,13,14)(H,15,16)(H,18,19);2-5,11H,1H3,(H,9,10)/t5-,6-;/m0./s1. The molecule has 0 aliphatic rings. The van der Waals surface area contributed by atoms with Crippen molar-refractivity contribution in [1.29, 1.82) is 0 Å². The van der Waals surface area contributed by atoms with Gasteiger partial charge in [-0.15, -0.1) is 0 Å². The van der Waals surface area contributed by atoms with Crippen LogP contribution in [-0.4, -0.2) is 69.4 Å². The Morgan fingerprint density at radius 2 is 1.68 bits per heavy atom. The number of carboxylic acids is 2. The normalized spacial score (nSPS) is 11.7. The highest BCUT2D eigenvalue weighted by molar-refractivity contribution is 7.80. The summed E-state index contributed by atoms with van der Waals surface area (Å²) < 4.78 is 0. The Hall–Kier alpha value is -3.32. The molecule has 0 bridgehead atoms. The van der Waals surface area contributed by atoms with E-state index < -0.39 is 42.4 Å². The molecule has 1 aromatic carbocycles. The van der Waals surface area contributed by atoms with E-state index in [2.05, 4.69) is 28.6 Å². The minimum absolute atomic E-state index is 0.0256. The van der Waals surface area contributed by atoms with Crippen molar-refractivity contribution >= 4 is 48.0 Å². The van der Waals surface area contributed by atoms with Crippen LogP contribution >= 0.6 is 12.6 Å². The first-order valence-corrected chi connectivity index (χ1v) is 9.54. The van der Waals surface area contributed by atoms with Gasteiger partial charge >= 0.3 is 11.9 Å². The Labute approximate surface area is 183 Å². The molecular formula is C18H26N4O8S. The maximum Gasteiger partial charge on any atom is 0.322 e. The lowest BCUT2D eigenvalue weighted by Gasteiger charge is -2.16. The van der Waals surface area contributed by atoms with Crippen molar-refractivity contribution in [3.63, 3.8) is 0 Å². The summed E-state index contributed by atoms with van der Waals surface area (Å²) in [4.78, 5) is 54.3. The first-order valence-electron chi connectivity index (χ1n) is 8.91. The molecule has 0 aromatic heterocycles. The summed E-state index contributed by atoms with van der Waals surface area (Å²) in [6.45, 7) is 0.871. The molecule has 0 aliphatic heterocycles. The van der Waals surface area contributed by atoms with Gasteiger partial charge in [0, 0.05) is 24.8 Å². The first-order chi connectivity index (χ1) is 14.5. The topological polar surface area (TPSA) is 208 Å². The lowest BCUT2D eigenvalue weighted by molar-refractivity contribution is -0.139. The third-order valence-electron chi connectivity index (χ3n) is 3.44. The van der Waals surface area contributed by atoms with Gasteiger partial charge in [-0.3, -0.25) is 24.0 Å². The van der Waals surface area contributed by atoms with Crippen LogP contribution in [0.15, 0.2) is 24.3 Å². The number of amides is 3. The number of hydrogen-bond donors (Lipinski definition) is 8. The lowest BCUT2D eigenvalue weighted by Crippen LogP contribution is -2.49. The highest BCUT2D eigenvalue weighted by atomic mass is 32.1. The number of rotatable bonds is 10. The quantitative estimate of drug-likeness (QED) is 0.162. The summed E-state index contributed by atoms with van der Waals surface area (Å²) in [5.74, 6) is -3.63. The van der Waals surface area contributed by atoms with Crippen LogP contribution in [0.1, 0.15) is 19.8 Å². The van der Waals surface area contributed by atoms with Crippen LogP contribution in [-0.2, 0) is 24.0 Å². The first kappa shape index (κ1) is 27.7. The predicted molar refractivity (Wildman–Crippen MR) is 114 cm³/mol. The molecule has 172 valence electrons. The van der Waals surface area contributed by atoms with Gasteiger partial charge in [0.2, 0.25) is 17.7 Å². The Bertz CT molecular complexity index is 772. The third kappa shape index (κ3) is 13.5. The van der Waals surface area contributed by atoms with E-state index in [0.29, 0.717) is 5.69 Å². The van der Waals surface area contributed by atoms with Gasteiger partial charge in [-0.2, -0.15) is 12.6 Å². The van der Waals surface area contributed by atoms with E-state index in [0.717, 1.165) is 0 Å². The smallest absolute Gasteiger partial charge is 0.322 e. The SMILES string of the molecule is CC(=O)Nc1ccc(O)cc1.N[C@@H](CCC(=O)N[C@@H](CS)C(=O)NCC(=O)O)C(=O)O. The number of aliphatic carboxylic acids is 2. The fourth-order valence-electron chi connectivity index (χ4n) is 1.90. The molecule has 0 unspecified atom stereocenters. The van der Waals surface area contributed by atoms with Gasteiger partial charge in [-0.05, 0) is 30.7 Å². The number of phenols is 1. The van der Waals surface area contributed by atoms with Crippen molar-refractivity contribution in [3.05, 3.63) is 24.3 Å². The van der Waals surface area contributed by atoms with Crippen molar-refractivity contribution < 1.29 is 39.3 Å². The van der Waals surface area contributed by atoms with Crippen molar-refractivity contribution in [2.75, 3.05) is 17.6 Å². The molecule has 0 aliphatic carbocycles. The number of nitrogens with two attached hydrogens (primary N) is 1. The van der Waals surface area contributed by atoms with Crippen molar-refractivity contribution in [2.24, 2.45) is 5.73 Å². The van der Waals surface area contributed by atoms with Crippen molar-refractivity contribution in [2.45, 2.75) is 31.8 Å². The third-order valence-corrected chi connectivity index (χ3v) is 3.80. The van der Waals surface area contributed by atoms with Crippen LogP contribution in [0.25, 0.3) is 0 Å². The summed E-state index contributed by atoms with van der Waals surface area (Å²) in [7, 11) is 0. The van der Waals surface area contributed by atoms with Crippen LogP contribution in [0.4, 0.5) is 5.69 Å². The molecule has 31 heavy (non-hydrogen) atoms. The van der Waals surface area contributed by atoms with Crippen LogP contribution in [0.3, 0.4) is 0 Å². The number of benzene rings is 1. The van der Waals surface area contributed by atoms with Gasteiger partial charge in [0.15, 0.2) is 0 Å². The van der Waals surface area contributed by atoms with Crippen LogP contribution in [0, 0.1) is 0 Å². The Balaban J connectivity index is 0.000000683. The molecule has 0 heterocycles. The van der Waals surface area contributed by atoms with E-state index in [1.807, 2.05) is 0 Å². The second-order valence-corrected chi connectivity index (χ2v) is 6.49. The number of nitrogens with one attached hydrogen (secondary N) is 3. The molecule has 1 aromatic rings. The zero-order valence-electron chi connectivity index (χ0n) is 16.7. The van der Waals surface area contributed by atoms with E-state index in [-0.39, 0.29) is 30.3 Å². The zero-order chi connectivity index (χ0) is 24.0. The average molecular weight is 458 g/mol. The molecule has 0 radical (unpaired) electrons. The molecule has 0 fully saturated rings. The van der Waals surface area contributed by atoms with Gasteiger partial charge in [0.1, 0.15) is 24.4 Å². The molecule has 0 saturated heterocycles. The van der Waals surface area contributed by atoms with E-state index >= 15 is 0 Å². The van der Waals surface area contributed by atoms with E-state index in [9.17, 15) is 24.0 Å². The highest BCUT2D eigenvalue weighted by Crippen LogP contribution is 2.13. The average Bonchev–Trinajstić information content (AvgIpc) is 2.70. The maximum atomic E-state index is 11.5. The second-order valence-electron chi connectivity index (χ2n) is 6.13. The minimum Gasteiger partial charge on any atom is -0.508 e. The molecular weight excluding hydrogens is 432 g/mol. The maximum absolute atomic E-state index is 11.5. The summed E-state index contributed by atoms with van der Waals surface area (Å²) in [5, 5.41) is 32.8. The fourth-order valence-corrected chi connectivity index (χ4v) is 2.16. The minimum atomic E-state index is -1.22. The van der Waals surface area contributed by atoms with Crippen LogP contribution in [0.5, 0.6) is 5.75 Å². The number of carbonyl (C=O) groups is 5. The molecule has 8 N–H and O–H groups in total. The van der Waals surface area contributed by atoms with Gasteiger partial charge in [-0.25, -0.2) is 0 Å². The lowest BCUT2D eigenvalue weighted by atomic mass is 10.1. The number of hydrogen-bond acceptors (Lipinski definition) is 8. The monoisotopic (exact) mass is 458 g/mol. The number of carboxylic acid groups (broad SMARTS) is 2. The van der Waals surface area contributed by atoms with Crippen LogP contribution in [0.2, 0.25) is 0 Å². The summed E-state index contributed by atoms with van der Waals surface area (Å²) >= 11 is 3.87. The van der Waals surface area contributed by atoms with Crippen LogP contribution < -0.4 is 21.7 Å². The molecule has 0 saturated carbocycles. The second kappa shape index (κ2) is 14.6. The molecule has 0 spiro atoms. The number of anilines is 1. The van der Waals surface area contributed by atoms with E-state index in [1.165, 1.54) is 19.1 Å². The Morgan fingerprint density at radius 1 is 1.10 bits per heavy atom. The highest BCUT2D eigenvalue weighted by Gasteiger charge is 2.20. The van der Waals surface area contributed by atoms with Gasteiger partial charge in [-0.1, -0.05) is 0 Å². The number of carbonyl (C=O) groups excluding carboxylic acids is 3. The molecule has 13 heteroatoms. The Morgan fingerprint density at radius 3 is 2.13 bits per heavy atom. The van der Waals surface area contributed by atoms with Gasteiger partial charge < -0.3 is 37.0 Å². The summed E-state index contributed by atoms with van der Waals surface area (Å²) in [6, 6.07) is 4.16. The predicted octanol–water partition coefficient (Wildman–Crippen LogP) is -0.855. The molecule has 3 amide bonds.